The first-order valence-electron chi connectivity index (χ1n) is 17.7. The Kier molecular flexibility index (Phi) is 13.0. The minimum atomic E-state index is -1.24. The van der Waals surface area contributed by atoms with Crippen molar-refractivity contribution in [3.05, 3.63) is 162 Å². The number of rotatable bonds is 15. The molecule has 1 heterocycles. The third kappa shape index (κ3) is 10.0. The molecule has 11 nitrogen and oxygen atoms in total. The lowest BCUT2D eigenvalue weighted by Crippen LogP contribution is -2.52. The molecule has 0 spiro atoms. The number of carbonyl (C=O) groups is 4. The molecule has 0 aliphatic rings. The average Bonchev–Trinajstić information content (AvgIpc) is 3.64. The van der Waals surface area contributed by atoms with Crippen LogP contribution in [0.25, 0.3) is 0 Å². The molecule has 0 unspecified atom stereocenters. The summed E-state index contributed by atoms with van der Waals surface area (Å²) in [6, 6.07) is 38.1. The first kappa shape index (κ1) is 39.0. The van der Waals surface area contributed by atoms with Crippen LogP contribution in [-0.2, 0) is 47.2 Å². The van der Waals surface area contributed by atoms with E-state index in [0.29, 0.717) is 5.69 Å². The van der Waals surface area contributed by atoms with Crippen LogP contribution in [-0.4, -0.2) is 70.2 Å². The number of ether oxygens (including phenoxy) is 3. The fraction of sp³-hybridized carbons (Fsp3) is 0.279. The van der Waals surface area contributed by atoms with Crippen molar-refractivity contribution in [2.45, 2.75) is 57.4 Å². The van der Waals surface area contributed by atoms with E-state index in [4.69, 9.17) is 19.2 Å². The summed E-state index contributed by atoms with van der Waals surface area (Å²) >= 11 is 0. The van der Waals surface area contributed by atoms with E-state index in [2.05, 4.69) is 41.7 Å². The second-order valence-electron chi connectivity index (χ2n) is 13.7. The first-order chi connectivity index (χ1) is 26.0. The highest BCUT2D eigenvalue weighted by Gasteiger charge is 2.39. The Balaban J connectivity index is 1.53. The van der Waals surface area contributed by atoms with Crippen LogP contribution in [0.3, 0.4) is 0 Å². The molecular weight excluding hydrogens is 684 g/mol. The molecule has 0 radical (unpaired) electrons. The molecule has 0 saturated heterocycles. The molecule has 5 aromatic rings. The van der Waals surface area contributed by atoms with Gasteiger partial charge in [0.15, 0.2) is 0 Å². The second-order valence-corrected chi connectivity index (χ2v) is 13.7. The van der Waals surface area contributed by atoms with Gasteiger partial charge in [-0.15, -0.1) is 0 Å². The minimum Gasteiger partial charge on any atom is -0.469 e. The highest BCUT2D eigenvalue weighted by atomic mass is 16.6. The topological polar surface area (TPSA) is 129 Å². The molecule has 5 rings (SSSR count). The lowest BCUT2D eigenvalue weighted by Gasteiger charge is -2.37. The molecule has 1 N–H and O–H groups in total. The maximum absolute atomic E-state index is 14.4. The van der Waals surface area contributed by atoms with E-state index in [1.54, 1.807) is 27.1 Å². The van der Waals surface area contributed by atoms with E-state index in [0.717, 1.165) is 22.3 Å². The number of esters is 2. The third-order valence-corrected chi connectivity index (χ3v) is 8.68. The highest BCUT2D eigenvalue weighted by Crippen LogP contribution is 2.40. The highest BCUT2D eigenvalue weighted by molar-refractivity contribution is 5.89. The zero-order valence-electron chi connectivity index (χ0n) is 31.0. The molecule has 4 aromatic carbocycles. The van der Waals surface area contributed by atoms with Gasteiger partial charge in [-0.2, -0.15) is 0 Å². The number of nitrogens with one attached hydrogen (secondary N) is 1. The van der Waals surface area contributed by atoms with Gasteiger partial charge in [0, 0.05) is 19.2 Å². The molecule has 11 heteroatoms. The summed E-state index contributed by atoms with van der Waals surface area (Å²) in [5, 5.41) is 2.71. The van der Waals surface area contributed by atoms with Crippen molar-refractivity contribution >= 4 is 23.9 Å². The summed E-state index contributed by atoms with van der Waals surface area (Å²) in [5.41, 5.74) is 2.50. The van der Waals surface area contributed by atoms with Crippen LogP contribution < -0.4 is 5.32 Å². The number of hydrogen-bond acceptors (Lipinski definition) is 8. The van der Waals surface area contributed by atoms with Crippen LogP contribution in [0, 0.1) is 0 Å². The van der Waals surface area contributed by atoms with Gasteiger partial charge in [-0.25, -0.2) is 9.78 Å². The van der Waals surface area contributed by atoms with Gasteiger partial charge in [-0.3, -0.25) is 14.4 Å². The number of imidazole rings is 1. The Bertz CT molecular complexity index is 1880. The van der Waals surface area contributed by atoms with Gasteiger partial charge in [-0.1, -0.05) is 121 Å². The van der Waals surface area contributed by atoms with Crippen LogP contribution in [0.1, 0.15) is 55.1 Å². The van der Waals surface area contributed by atoms with Gasteiger partial charge in [0.1, 0.15) is 30.3 Å². The summed E-state index contributed by atoms with van der Waals surface area (Å²) in [6.45, 7) is 4.51. The molecule has 0 saturated carbocycles. The molecule has 0 bridgehead atoms. The zero-order valence-corrected chi connectivity index (χ0v) is 31.0. The summed E-state index contributed by atoms with van der Waals surface area (Å²) < 4.78 is 17.8. The molecule has 2 amide bonds. The van der Waals surface area contributed by atoms with Crippen molar-refractivity contribution < 1.29 is 33.4 Å². The summed E-state index contributed by atoms with van der Waals surface area (Å²) in [4.78, 5) is 58.8. The number of hydrogen-bond donors (Lipinski definition) is 1. The maximum Gasteiger partial charge on any atom is 0.408 e. The number of nitrogens with zero attached hydrogens (tertiary/aromatic N) is 3. The largest absolute Gasteiger partial charge is 0.469 e. The third-order valence-electron chi connectivity index (χ3n) is 8.68. The Morgan fingerprint density at radius 3 is 1.78 bits per heavy atom. The zero-order chi connectivity index (χ0) is 38.6. The SMILES string of the molecule is COC(=O)CCN(CC(=O)OC(C)(C)C)C(=O)[C@H](Cc1cn(C(c2ccccc2)(c2ccccc2)c2ccccc2)cn1)NC(=O)OCc1ccccc1. The maximum atomic E-state index is 14.4. The van der Waals surface area contributed by atoms with Crippen LogP contribution in [0.5, 0.6) is 0 Å². The monoisotopic (exact) mass is 730 g/mol. The van der Waals surface area contributed by atoms with E-state index in [-0.39, 0.29) is 26.0 Å². The van der Waals surface area contributed by atoms with Gasteiger partial charge < -0.3 is 29.0 Å². The van der Waals surface area contributed by atoms with Crippen LogP contribution >= 0.6 is 0 Å². The Hall–Kier alpha value is -6.23. The fourth-order valence-corrected chi connectivity index (χ4v) is 6.30. The molecule has 1 atom stereocenters. The Labute approximate surface area is 315 Å². The predicted molar refractivity (Wildman–Crippen MR) is 203 cm³/mol. The minimum absolute atomic E-state index is 0.0279. The van der Waals surface area contributed by atoms with E-state index in [1.807, 2.05) is 95.7 Å². The number of benzene rings is 4. The van der Waals surface area contributed by atoms with E-state index < -0.39 is 47.7 Å². The lowest BCUT2D eigenvalue weighted by atomic mass is 9.77. The normalized spacial score (nSPS) is 11.9. The van der Waals surface area contributed by atoms with Gasteiger partial charge in [0.2, 0.25) is 5.91 Å². The summed E-state index contributed by atoms with van der Waals surface area (Å²) in [7, 11) is 1.24. The van der Waals surface area contributed by atoms with Crippen molar-refractivity contribution in [1.29, 1.82) is 0 Å². The van der Waals surface area contributed by atoms with E-state index in [9.17, 15) is 19.2 Å². The van der Waals surface area contributed by atoms with Crippen LogP contribution in [0.4, 0.5) is 4.79 Å². The predicted octanol–water partition coefficient (Wildman–Crippen LogP) is 6.29. The smallest absolute Gasteiger partial charge is 0.408 e. The van der Waals surface area contributed by atoms with Crippen LogP contribution in [0.15, 0.2) is 134 Å². The van der Waals surface area contributed by atoms with E-state index >= 15 is 0 Å². The Morgan fingerprint density at radius 2 is 1.28 bits per heavy atom. The fourth-order valence-electron chi connectivity index (χ4n) is 6.30. The molecule has 54 heavy (non-hydrogen) atoms. The molecular formula is C43H46N4O7. The van der Waals surface area contributed by atoms with Crippen molar-refractivity contribution in [1.82, 2.24) is 19.8 Å². The number of amides is 2. The summed E-state index contributed by atoms with van der Waals surface area (Å²) in [6.07, 6.45) is 2.49. The number of aromatic nitrogens is 2. The molecule has 1 aromatic heterocycles. The quantitative estimate of drug-likeness (QED) is 0.0756. The molecule has 0 fully saturated rings. The number of alkyl carbamates (subject to hydrolysis) is 1. The Morgan fingerprint density at radius 1 is 0.759 bits per heavy atom. The molecule has 280 valence electrons. The van der Waals surface area contributed by atoms with Crippen molar-refractivity contribution in [2.24, 2.45) is 0 Å². The standard InChI is InChI=1S/C43H46N4O7/c1-42(2,3)54-39(49)29-46(26-25-38(48)52-4)40(50)37(45-41(51)53-30-32-17-9-5-10-18-32)27-36-28-47(31-44-36)43(33-19-11-6-12-20-33,34-21-13-7-14-22-34)35-23-15-8-16-24-35/h5-24,28,31,37H,25-27,29-30H2,1-4H3,(H,45,51)/t37-/m0/s1. The van der Waals surface area contributed by atoms with Crippen LogP contribution in [0.2, 0.25) is 0 Å². The second kappa shape index (κ2) is 18.0. The number of carbonyl (C=O) groups excluding carboxylic acids is 4. The number of methoxy groups -OCH3 is 1. The van der Waals surface area contributed by atoms with Crippen molar-refractivity contribution in [2.75, 3.05) is 20.2 Å². The van der Waals surface area contributed by atoms with Crippen molar-refractivity contribution in [3.8, 4) is 0 Å². The molecule has 0 aliphatic carbocycles. The van der Waals surface area contributed by atoms with Gasteiger partial charge in [-0.05, 0) is 43.0 Å². The van der Waals surface area contributed by atoms with E-state index in [1.165, 1.54) is 12.0 Å². The van der Waals surface area contributed by atoms with Gasteiger partial charge in [0.05, 0.1) is 25.6 Å². The van der Waals surface area contributed by atoms with Gasteiger partial charge >= 0.3 is 18.0 Å². The first-order valence-corrected chi connectivity index (χ1v) is 17.7. The van der Waals surface area contributed by atoms with Gasteiger partial charge in [0.25, 0.3) is 0 Å². The average molecular weight is 731 g/mol. The van der Waals surface area contributed by atoms with Crippen molar-refractivity contribution in [3.63, 3.8) is 0 Å². The molecule has 0 aliphatic heterocycles. The summed E-state index contributed by atoms with van der Waals surface area (Å²) in [5.74, 6) is -1.87. The lowest BCUT2D eigenvalue weighted by molar-refractivity contribution is -0.159.